The fourth-order valence-electron chi connectivity index (χ4n) is 1.27. The van der Waals surface area contributed by atoms with Crippen LogP contribution < -0.4 is 0 Å². The van der Waals surface area contributed by atoms with Crippen molar-refractivity contribution in [1.82, 2.24) is 0 Å². The van der Waals surface area contributed by atoms with Gasteiger partial charge in [-0.05, 0) is 25.7 Å². The molecule has 0 aromatic rings. The van der Waals surface area contributed by atoms with Crippen LogP contribution in [0, 0.1) is 0 Å². The molecule has 0 aliphatic heterocycles. The summed E-state index contributed by atoms with van der Waals surface area (Å²) in [6.07, 6.45) is 5.07. The van der Waals surface area contributed by atoms with E-state index in [-0.39, 0.29) is 6.61 Å². The molecule has 1 unspecified atom stereocenters. The van der Waals surface area contributed by atoms with E-state index < -0.39 is 6.29 Å². The topological polar surface area (TPSA) is 58.9 Å². The molecule has 1 atom stereocenters. The highest BCUT2D eigenvalue weighted by molar-refractivity contribution is 4.44. The van der Waals surface area contributed by atoms with Crippen molar-refractivity contribution in [3.8, 4) is 0 Å². The lowest BCUT2D eigenvalue weighted by atomic mass is 10.2. The molecule has 0 fully saturated rings. The molecule has 16 heavy (non-hydrogen) atoms. The summed E-state index contributed by atoms with van der Waals surface area (Å²) in [6.45, 7) is 4.17. The van der Waals surface area contributed by atoms with Crippen LogP contribution in [0.5, 0.6) is 0 Å². The summed E-state index contributed by atoms with van der Waals surface area (Å²) in [5, 5.41) is 17.6. The van der Waals surface area contributed by atoms with Gasteiger partial charge < -0.3 is 19.7 Å². The van der Waals surface area contributed by atoms with Gasteiger partial charge in [-0.3, -0.25) is 0 Å². The van der Waals surface area contributed by atoms with E-state index in [4.69, 9.17) is 19.7 Å². The predicted octanol–water partition coefficient (Wildman–Crippen LogP) is 1.69. The van der Waals surface area contributed by atoms with E-state index in [0.717, 1.165) is 38.7 Å². The van der Waals surface area contributed by atoms with Crippen molar-refractivity contribution >= 4 is 0 Å². The van der Waals surface area contributed by atoms with Crippen LogP contribution in [0.4, 0.5) is 0 Å². The third-order valence-electron chi connectivity index (χ3n) is 2.29. The minimum atomic E-state index is -0.596. The molecule has 98 valence electrons. The normalized spacial score (nSPS) is 12.9. The van der Waals surface area contributed by atoms with Gasteiger partial charge in [-0.1, -0.05) is 19.8 Å². The van der Waals surface area contributed by atoms with Gasteiger partial charge in [-0.15, -0.1) is 0 Å². The number of unbranched alkanes of at least 4 members (excludes halogenated alkanes) is 3. The molecule has 0 saturated carbocycles. The van der Waals surface area contributed by atoms with Crippen LogP contribution in [0.2, 0.25) is 0 Å². The van der Waals surface area contributed by atoms with E-state index in [9.17, 15) is 0 Å². The molecule has 0 aliphatic rings. The van der Waals surface area contributed by atoms with Gasteiger partial charge in [0.25, 0.3) is 0 Å². The van der Waals surface area contributed by atoms with E-state index in [1.54, 1.807) is 0 Å². The fraction of sp³-hybridized carbons (Fsp3) is 1.00. The minimum absolute atomic E-state index is 0.205. The number of aliphatic hydroxyl groups is 2. The molecule has 0 rings (SSSR count). The molecule has 0 spiro atoms. The van der Waals surface area contributed by atoms with Crippen molar-refractivity contribution in [2.24, 2.45) is 0 Å². The lowest BCUT2D eigenvalue weighted by molar-refractivity contribution is -0.101. The van der Waals surface area contributed by atoms with Crippen LogP contribution in [-0.4, -0.2) is 42.9 Å². The summed E-state index contributed by atoms with van der Waals surface area (Å²) in [5.41, 5.74) is 0. The first-order chi connectivity index (χ1) is 7.81. The summed E-state index contributed by atoms with van der Waals surface area (Å²) in [6, 6.07) is 0. The monoisotopic (exact) mass is 234 g/mol. The fourth-order valence-corrected chi connectivity index (χ4v) is 1.27. The second kappa shape index (κ2) is 12.9. The molecular formula is C12H26O4. The molecule has 0 aromatic carbocycles. The Labute approximate surface area is 98.6 Å². The minimum Gasteiger partial charge on any atom is -0.396 e. The average molecular weight is 234 g/mol. The van der Waals surface area contributed by atoms with Crippen LogP contribution in [0.1, 0.15) is 45.4 Å². The van der Waals surface area contributed by atoms with Crippen LogP contribution in [-0.2, 0) is 9.47 Å². The Morgan fingerprint density at radius 1 is 0.938 bits per heavy atom. The SMILES string of the molecule is CCC(O)OCCCCCCOCCCO. The predicted molar refractivity (Wildman–Crippen MR) is 63.2 cm³/mol. The Hall–Kier alpha value is -0.160. The Kier molecular flexibility index (Phi) is 12.8. The van der Waals surface area contributed by atoms with E-state index >= 15 is 0 Å². The van der Waals surface area contributed by atoms with Crippen molar-refractivity contribution in [3.63, 3.8) is 0 Å². The Bertz CT molecular complexity index is 130. The van der Waals surface area contributed by atoms with E-state index in [2.05, 4.69) is 0 Å². The molecule has 2 N–H and O–H groups in total. The molecule has 0 aliphatic carbocycles. The molecule has 4 nitrogen and oxygen atoms in total. The Morgan fingerprint density at radius 2 is 1.56 bits per heavy atom. The smallest absolute Gasteiger partial charge is 0.154 e. The first-order valence-corrected chi connectivity index (χ1v) is 6.29. The largest absolute Gasteiger partial charge is 0.396 e. The van der Waals surface area contributed by atoms with Gasteiger partial charge >= 0.3 is 0 Å². The highest BCUT2D eigenvalue weighted by atomic mass is 16.6. The molecule has 0 bridgehead atoms. The molecule has 0 radical (unpaired) electrons. The molecule has 0 amide bonds. The highest BCUT2D eigenvalue weighted by Gasteiger charge is 1.98. The third kappa shape index (κ3) is 11.9. The number of aliphatic hydroxyl groups excluding tert-OH is 2. The van der Waals surface area contributed by atoms with Gasteiger partial charge in [0.1, 0.15) is 0 Å². The maximum absolute atomic E-state index is 9.12. The lowest BCUT2D eigenvalue weighted by Gasteiger charge is -2.09. The summed E-state index contributed by atoms with van der Waals surface area (Å²) < 4.78 is 10.5. The summed E-state index contributed by atoms with van der Waals surface area (Å²) >= 11 is 0. The van der Waals surface area contributed by atoms with Gasteiger partial charge in [-0.25, -0.2) is 0 Å². The second-order valence-corrected chi connectivity index (χ2v) is 3.84. The molecular weight excluding hydrogens is 208 g/mol. The Morgan fingerprint density at radius 3 is 2.19 bits per heavy atom. The van der Waals surface area contributed by atoms with Gasteiger partial charge in [-0.2, -0.15) is 0 Å². The lowest BCUT2D eigenvalue weighted by Crippen LogP contribution is -2.10. The van der Waals surface area contributed by atoms with Crippen molar-refractivity contribution in [2.75, 3.05) is 26.4 Å². The second-order valence-electron chi connectivity index (χ2n) is 3.84. The standard InChI is InChI=1S/C12H26O4/c1-2-12(14)16-11-6-4-3-5-9-15-10-7-8-13/h12-14H,2-11H2,1H3. The first-order valence-electron chi connectivity index (χ1n) is 6.29. The Balaban J connectivity index is 2.93. The van der Waals surface area contributed by atoms with Crippen molar-refractivity contribution in [1.29, 1.82) is 0 Å². The van der Waals surface area contributed by atoms with Crippen molar-refractivity contribution < 1.29 is 19.7 Å². The zero-order chi connectivity index (χ0) is 12.1. The summed E-state index contributed by atoms with van der Waals surface area (Å²) in [4.78, 5) is 0. The van der Waals surface area contributed by atoms with E-state index in [0.29, 0.717) is 19.6 Å². The first kappa shape index (κ1) is 15.8. The molecule has 0 heterocycles. The van der Waals surface area contributed by atoms with E-state index in [1.165, 1.54) is 0 Å². The maximum atomic E-state index is 9.12. The van der Waals surface area contributed by atoms with Gasteiger partial charge in [0, 0.05) is 26.4 Å². The molecule has 0 saturated heterocycles. The average Bonchev–Trinajstić information content (AvgIpc) is 2.31. The van der Waals surface area contributed by atoms with Crippen LogP contribution in [0.25, 0.3) is 0 Å². The number of hydrogen-bond acceptors (Lipinski definition) is 4. The van der Waals surface area contributed by atoms with Gasteiger partial charge in [0.05, 0.1) is 0 Å². The van der Waals surface area contributed by atoms with Gasteiger partial charge in [0.2, 0.25) is 0 Å². The third-order valence-corrected chi connectivity index (χ3v) is 2.29. The van der Waals surface area contributed by atoms with E-state index in [1.807, 2.05) is 6.92 Å². The number of ether oxygens (including phenoxy) is 2. The number of hydrogen-bond donors (Lipinski definition) is 2. The van der Waals surface area contributed by atoms with Crippen LogP contribution in [0.3, 0.4) is 0 Å². The van der Waals surface area contributed by atoms with Crippen LogP contribution >= 0.6 is 0 Å². The quantitative estimate of drug-likeness (QED) is 0.398. The summed E-state index contributed by atoms with van der Waals surface area (Å²) in [5.74, 6) is 0. The number of rotatable bonds is 12. The highest BCUT2D eigenvalue weighted by Crippen LogP contribution is 2.02. The van der Waals surface area contributed by atoms with Crippen molar-refractivity contribution in [2.45, 2.75) is 51.7 Å². The molecule has 0 aromatic heterocycles. The maximum Gasteiger partial charge on any atom is 0.154 e. The van der Waals surface area contributed by atoms with Gasteiger partial charge in [0.15, 0.2) is 6.29 Å². The van der Waals surface area contributed by atoms with Crippen molar-refractivity contribution in [3.05, 3.63) is 0 Å². The summed E-state index contributed by atoms with van der Waals surface area (Å²) in [7, 11) is 0. The zero-order valence-corrected chi connectivity index (χ0v) is 10.4. The zero-order valence-electron chi connectivity index (χ0n) is 10.4. The molecule has 4 heteroatoms. The van der Waals surface area contributed by atoms with Crippen LogP contribution in [0.15, 0.2) is 0 Å².